The zero-order valence-corrected chi connectivity index (χ0v) is 37.7. The summed E-state index contributed by atoms with van der Waals surface area (Å²) in [6.07, 6.45) is 15.8. The largest absolute Gasteiger partial charge is 0.478 e. The number of carbonyl (C=O) groups excluding carboxylic acids is 2. The van der Waals surface area contributed by atoms with Crippen molar-refractivity contribution in [1.29, 1.82) is 0 Å². The molecule has 0 aromatic heterocycles. The summed E-state index contributed by atoms with van der Waals surface area (Å²) < 4.78 is 0. The Hall–Kier alpha value is -4.56. The van der Waals surface area contributed by atoms with E-state index in [-0.39, 0.29) is 35.9 Å². The maximum atomic E-state index is 16.6. The molecule has 0 saturated heterocycles. The summed E-state index contributed by atoms with van der Waals surface area (Å²) >= 11 is 0. The Morgan fingerprint density at radius 1 is 0.891 bits per heavy atom. The predicted octanol–water partition coefficient (Wildman–Crippen LogP) is 6.68. The molecule has 0 amide bonds. The van der Waals surface area contributed by atoms with Gasteiger partial charge < -0.3 is 31.9 Å². The van der Waals surface area contributed by atoms with Crippen molar-refractivity contribution in [3.05, 3.63) is 87.6 Å². The molecule has 10 heteroatoms. The topological polar surface area (TPSA) is 197 Å². The zero-order valence-electron chi connectivity index (χ0n) is 37.7. The number of nitrogens with two attached hydrogens (primary N) is 2. The van der Waals surface area contributed by atoms with Gasteiger partial charge in [-0.15, -0.1) is 11.8 Å². The van der Waals surface area contributed by atoms with Crippen LogP contribution in [0, 0.1) is 68.5 Å². The average molecular weight is 866 g/mol. The lowest BCUT2D eigenvalue weighted by Crippen LogP contribution is -2.73. The van der Waals surface area contributed by atoms with Crippen molar-refractivity contribution in [2.24, 2.45) is 73.1 Å². The minimum absolute atomic E-state index is 0.0119. The van der Waals surface area contributed by atoms with Crippen LogP contribution in [0.3, 0.4) is 0 Å². The van der Waals surface area contributed by atoms with Crippen LogP contribution in [-0.4, -0.2) is 66.8 Å². The van der Waals surface area contributed by atoms with Crippen LogP contribution < -0.4 is 11.5 Å². The lowest BCUT2D eigenvalue weighted by molar-refractivity contribution is -0.185. The second kappa shape index (κ2) is 13.3. The van der Waals surface area contributed by atoms with Crippen molar-refractivity contribution in [3.63, 3.8) is 0 Å². The molecule has 10 nitrogen and oxygen atoms in total. The van der Waals surface area contributed by atoms with Crippen LogP contribution >= 0.6 is 0 Å². The van der Waals surface area contributed by atoms with E-state index < -0.39 is 85.5 Å². The molecule has 64 heavy (non-hydrogen) atoms. The number of carboxylic acids is 1. The zero-order chi connectivity index (χ0) is 45.2. The summed E-state index contributed by atoms with van der Waals surface area (Å²) in [7, 11) is 0. The lowest BCUT2D eigenvalue weighted by atomic mass is 9.31. The monoisotopic (exact) mass is 865 g/mol. The summed E-state index contributed by atoms with van der Waals surface area (Å²) in [4.78, 5) is 48.8. The third-order valence-corrected chi connectivity index (χ3v) is 20.3. The Kier molecular flexibility index (Phi) is 8.74. The van der Waals surface area contributed by atoms with Gasteiger partial charge in [-0.2, -0.15) is 0 Å². The molecule has 336 valence electrons. The van der Waals surface area contributed by atoms with Crippen LogP contribution in [0.25, 0.3) is 6.08 Å². The number of fused-ring (bicyclic) bond motifs is 4. The number of aliphatic hydroxyl groups excluding tert-OH is 1. The first-order valence-electron chi connectivity index (χ1n) is 23.9. The van der Waals surface area contributed by atoms with Crippen molar-refractivity contribution < 1.29 is 34.8 Å². The number of ketones is 2. The fourth-order valence-electron chi connectivity index (χ4n) is 17.9. The van der Waals surface area contributed by atoms with Crippen LogP contribution in [0.4, 0.5) is 0 Å². The first kappa shape index (κ1) is 42.1. The number of carboxylic acid groups (broad SMARTS) is 1. The second-order valence-electron chi connectivity index (χ2n) is 22.4. The van der Waals surface area contributed by atoms with Gasteiger partial charge in [0.1, 0.15) is 11.4 Å². The van der Waals surface area contributed by atoms with E-state index in [4.69, 9.17) is 16.5 Å². The molecule has 1 aromatic rings. The number of guanidine groups is 1. The second-order valence-corrected chi connectivity index (χ2v) is 22.4. The van der Waals surface area contributed by atoms with E-state index >= 15 is 4.79 Å². The highest BCUT2D eigenvalue weighted by Crippen LogP contribution is 2.86. The molecule has 0 heterocycles. The Balaban J connectivity index is 1.24. The average Bonchev–Trinajstić information content (AvgIpc) is 3.40. The number of aryl methyl sites for hydroxylation is 1. The van der Waals surface area contributed by atoms with Crippen LogP contribution in [0.5, 0.6) is 0 Å². The first-order valence-corrected chi connectivity index (χ1v) is 23.9. The summed E-state index contributed by atoms with van der Waals surface area (Å²) in [6.45, 7) is 8.00. The van der Waals surface area contributed by atoms with Gasteiger partial charge in [0.05, 0.1) is 17.2 Å². The van der Waals surface area contributed by atoms with Gasteiger partial charge in [-0.3, -0.25) is 9.59 Å². The third-order valence-electron chi connectivity index (χ3n) is 20.3. The number of aliphatic hydroxyl groups is 3. The number of nitrogens with zero attached hydrogens (tertiary/aromatic N) is 1. The van der Waals surface area contributed by atoms with Gasteiger partial charge in [0.2, 0.25) is 0 Å². The van der Waals surface area contributed by atoms with E-state index in [9.17, 15) is 30.0 Å². The molecule has 1 aromatic carbocycles. The van der Waals surface area contributed by atoms with E-state index in [2.05, 4.69) is 56.0 Å². The minimum Gasteiger partial charge on any atom is -0.478 e. The number of rotatable bonds is 3. The van der Waals surface area contributed by atoms with Crippen LogP contribution in [0.1, 0.15) is 122 Å². The van der Waals surface area contributed by atoms with Gasteiger partial charge in [-0.1, -0.05) is 87.8 Å². The van der Waals surface area contributed by atoms with Gasteiger partial charge >= 0.3 is 5.97 Å². The van der Waals surface area contributed by atoms with Gasteiger partial charge in [0, 0.05) is 69.8 Å². The Morgan fingerprint density at radius 3 is 2.42 bits per heavy atom. The van der Waals surface area contributed by atoms with Crippen molar-refractivity contribution in [2.45, 2.75) is 140 Å². The molecule has 0 unspecified atom stereocenters. The number of Topliss-reactive ketones (excluding diaryl/α,β-unsaturated/α-hetero) is 2. The molecule has 0 aliphatic heterocycles. The van der Waals surface area contributed by atoms with Crippen molar-refractivity contribution >= 4 is 29.6 Å². The third kappa shape index (κ3) is 4.74. The molecule has 10 aliphatic rings. The van der Waals surface area contributed by atoms with Crippen molar-refractivity contribution in [2.75, 3.05) is 0 Å². The maximum absolute atomic E-state index is 16.6. The fraction of sp³-hybridized carbons (Fsp3) is 0.593. The molecule has 0 radical (unpaired) electrons. The SMILES string of the molecule is C/C(C(=O)O)=C1/CC[C@]2(N=C(N)N)C=C[C@@]34C[C@@]5(O)C=C[C@]6(O)C7=C8C(=O)[C@H](CCCC[C@@H]3[C@H]2[C@@H]1O)[C@@]4(C)[C@]75CCC#CC[C@]1(C)C(=O)CC[C@@]8(C)[C@@H]1[C@H]6C1=Cc2ccccc2CC1. The number of aliphatic imine (C=N–C) groups is 1. The maximum Gasteiger partial charge on any atom is 0.331 e. The lowest BCUT2D eigenvalue weighted by Gasteiger charge is -2.72. The minimum atomic E-state index is -1.74. The Morgan fingerprint density at radius 2 is 1.66 bits per heavy atom. The summed E-state index contributed by atoms with van der Waals surface area (Å²) in [5, 5.41) is 51.8. The molecule has 4 bridgehead atoms. The number of hydrogen-bond acceptors (Lipinski definition) is 7. The van der Waals surface area contributed by atoms with E-state index in [0.29, 0.717) is 74.5 Å². The van der Waals surface area contributed by atoms with Crippen molar-refractivity contribution in [1.82, 2.24) is 0 Å². The van der Waals surface area contributed by atoms with Gasteiger partial charge in [0.15, 0.2) is 11.7 Å². The molecule has 4 saturated carbocycles. The summed E-state index contributed by atoms with van der Waals surface area (Å²) in [5.41, 5.74) is 8.32. The molecular formula is C54H63N3O7. The van der Waals surface area contributed by atoms with Crippen LogP contribution in [0.2, 0.25) is 0 Å². The number of carbonyl (C=O) groups is 3. The van der Waals surface area contributed by atoms with Gasteiger partial charge in [-0.25, -0.2) is 9.79 Å². The highest BCUT2D eigenvalue weighted by Gasteiger charge is 2.86. The van der Waals surface area contributed by atoms with E-state index in [1.54, 1.807) is 6.92 Å². The Labute approximate surface area is 376 Å². The number of aliphatic carboxylic acids is 1. The number of benzene rings is 1. The summed E-state index contributed by atoms with van der Waals surface area (Å²) in [6, 6.07) is 8.36. The first-order chi connectivity index (χ1) is 30.3. The smallest absolute Gasteiger partial charge is 0.331 e. The van der Waals surface area contributed by atoms with Crippen LogP contribution in [-0.2, 0) is 20.8 Å². The quantitative estimate of drug-likeness (QED) is 0.0632. The molecule has 11 rings (SSSR count). The number of allylic oxidation sites excluding steroid dienone is 2. The molecule has 8 N–H and O–H groups in total. The fourth-order valence-corrected chi connectivity index (χ4v) is 17.9. The molecular weight excluding hydrogens is 803 g/mol. The van der Waals surface area contributed by atoms with Crippen molar-refractivity contribution in [3.8, 4) is 11.8 Å². The molecule has 2 spiro atoms. The number of hydrogen-bond donors (Lipinski definition) is 6. The normalized spacial score (nSPS) is 47.6. The van der Waals surface area contributed by atoms with Crippen LogP contribution in [0.15, 0.2) is 81.4 Å². The van der Waals surface area contributed by atoms with Gasteiger partial charge in [0.25, 0.3) is 0 Å². The van der Waals surface area contributed by atoms with E-state index in [1.165, 1.54) is 5.56 Å². The molecule has 4 fully saturated rings. The predicted molar refractivity (Wildman–Crippen MR) is 243 cm³/mol. The standard InChI is InChI=1S/C54H63N3O7/c1-30(45(61)62)34-18-23-51(57-46(55)56)25-24-50-29-52(63)26-27-53(64)38(33-17-16-31-12-6-7-13-32(31)28-33)43-47(2)20-10-5-11-21-54(52)44(53)40(48(43,3)22-19-37(47)58)42(60)36(49(50,54)4)15-9-8-14-35(50)39(51)41(34)59/h6-7,12-13,24-28,35-36,38-39,41,43,59,63-64H,8-9,11,14-23,29H2,1-4H3,(H,61,62)(H4,55,56,57)/b34-30+/t35-,36+,38-,39+,41-,43-,47-,48-,49-,50-,51+,52+,53-,54+/m1/s1. The molecule has 14 atom stereocenters. The highest BCUT2D eigenvalue weighted by molar-refractivity contribution is 6.04. The Bertz CT molecular complexity index is 2610. The summed E-state index contributed by atoms with van der Waals surface area (Å²) in [5.74, 6) is 3.23. The highest BCUT2D eigenvalue weighted by atomic mass is 16.4. The molecule has 10 aliphatic carbocycles. The van der Waals surface area contributed by atoms with E-state index in [0.717, 1.165) is 30.4 Å². The van der Waals surface area contributed by atoms with Gasteiger partial charge in [-0.05, 0) is 110 Å². The van der Waals surface area contributed by atoms with E-state index in [1.807, 2.05) is 31.2 Å².